The van der Waals surface area contributed by atoms with Crippen molar-refractivity contribution in [2.45, 2.75) is 38.5 Å². The van der Waals surface area contributed by atoms with E-state index >= 15 is 0 Å². The van der Waals surface area contributed by atoms with Gasteiger partial charge in [0.1, 0.15) is 12.4 Å². The Balaban J connectivity index is 2.80. The summed E-state index contributed by atoms with van der Waals surface area (Å²) in [4.78, 5) is 0. The Bertz CT molecular complexity index is 404. The van der Waals surface area contributed by atoms with Crippen LogP contribution in [0.1, 0.15) is 39.3 Å². The minimum absolute atomic E-state index is 0.263. The summed E-state index contributed by atoms with van der Waals surface area (Å²) in [7, 11) is 1.69. The molecular weight excluding hydrogens is 282 g/mol. The number of methoxy groups -OCH3 is 1. The molecule has 1 unspecified atom stereocenters. The first kappa shape index (κ1) is 18.3. The summed E-state index contributed by atoms with van der Waals surface area (Å²) in [6.45, 7) is 11.0. The third-order valence-electron chi connectivity index (χ3n) is 2.97. The second kappa shape index (κ2) is 9.34. The van der Waals surface area contributed by atoms with Crippen LogP contribution in [-0.2, 0) is 4.74 Å². The van der Waals surface area contributed by atoms with E-state index in [4.69, 9.17) is 9.47 Å². The van der Waals surface area contributed by atoms with Crippen molar-refractivity contribution in [2.24, 2.45) is 0 Å². The van der Waals surface area contributed by atoms with Crippen molar-refractivity contribution in [1.29, 1.82) is 0 Å². The average Bonchev–Trinajstić information content (AvgIpc) is 2.43. The fourth-order valence-corrected chi connectivity index (χ4v) is 2.94. The zero-order valence-electron chi connectivity index (χ0n) is 13.9. The maximum Gasteiger partial charge on any atom is 0.124 e. The summed E-state index contributed by atoms with van der Waals surface area (Å²) in [5.74, 6) is 1.98. The van der Waals surface area contributed by atoms with Crippen LogP contribution in [-0.4, -0.2) is 37.4 Å². The van der Waals surface area contributed by atoms with Gasteiger partial charge < -0.3 is 14.8 Å². The molecule has 0 aliphatic carbocycles. The first-order valence-electron chi connectivity index (χ1n) is 7.56. The molecule has 0 saturated carbocycles. The largest absolute Gasteiger partial charge is 0.491 e. The van der Waals surface area contributed by atoms with Crippen molar-refractivity contribution in [3.8, 4) is 5.75 Å². The normalized spacial score (nSPS) is 13.2. The van der Waals surface area contributed by atoms with Crippen molar-refractivity contribution in [1.82, 2.24) is 5.32 Å². The van der Waals surface area contributed by atoms with Crippen molar-refractivity contribution in [3.05, 3.63) is 29.8 Å². The average molecular weight is 311 g/mol. The zero-order chi connectivity index (χ0) is 15.7. The van der Waals surface area contributed by atoms with E-state index in [0.29, 0.717) is 19.3 Å². The number of ether oxygens (including phenoxy) is 2. The Morgan fingerprint density at radius 2 is 1.90 bits per heavy atom. The van der Waals surface area contributed by atoms with Crippen LogP contribution < -0.4 is 10.1 Å². The summed E-state index contributed by atoms with van der Waals surface area (Å²) in [5, 5.41) is 3.57. The molecular formula is C17H29NO2S. The summed E-state index contributed by atoms with van der Waals surface area (Å²) in [6.07, 6.45) is 0. The smallest absolute Gasteiger partial charge is 0.124 e. The van der Waals surface area contributed by atoms with E-state index in [9.17, 15) is 0 Å². The maximum absolute atomic E-state index is 5.86. The SMILES string of the molecule is CCNC(CSC(C)(C)C)c1ccccc1OCCOC. The molecule has 0 aliphatic rings. The predicted octanol–water partition coefficient (Wildman–Crippen LogP) is 3.89. The third kappa shape index (κ3) is 7.21. The van der Waals surface area contributed by atoms with Crippen molar-refractivity contribution in [2.75, 3.05) is 32.6 Å². The van der Waals surface area contributed by atoms with Gasteiger partial charge in [0.25, 0.3) is 0 Å². The molecule has 0 bridgehead atoms. The van der Waals surface area contributed by atoms with Gasteiger partial charge in [0, 0.05) is 29.2 Å². The number of nitrogens with one attached hydrogen (secondary N) is 1. The first-order valence-corrected chi connectivity index (χ1v) is 8.54. The van der Waals surface area contributed by atoms with Crippen LogP contribution in [0.25, 0.3) is 0 Å². The summed E-state index contributed by atoms with van der Waals surface area (Å²) in [5.41, 5.74) is 1.23. The van der Waals surface area contributed by atoms with Crippen LogP contribution in [0.3, 0.4) is 0 Å². The minimum atomic E-state index is 0.263. The zero-order valence-corrected chi connectivity index (χ0v) is 14.8. The van der Waals surface area contributed by atoms with E-state index < -0.39 is 0 Å². The van der Waals surface area contributed by atoms with Gasteiger partial charge in [0.15, 0.2) is 0 Å². The van der Waals surface area contributed by atoms with E-state index in [1.54, 1.807) is 7.11 Å². The molecule has 0 radical (unpaired) electrons. The van der Waals surface area contributed by atoms with Gasteiger partial charge in [0.2, 0.25) is 0 Å². The highest BCUT2D eigenvalue weighted by Gasteiger charge is 2.19. The van der Waals surface area contributed by atoms with Crippen LogP contribution in [0.15, 0.2) is 24.3 Å². The standard InChI is InChI=1S/C17H29NO2S/c1-6-18-15(13-21-17(2,3)4)14-9-7-8-10-16(14)20-12-11-19-5/h7-10,15,18H,6,11-13H2,1-5H3. The van der Waals surface area contributed by atoms with Crippen LogP contribution in [0, 0.1) is 0 Å². The predicted molar refractivity (Wildman–Crippen MR) is 92.4 cm³/mol. The van der Waals surface area contributed by atoms with Crippen LogP contribution in [0.2, 0.25) is 0 Å². The highest BCUT2D eigenvalue weighted by Crippen LogP contribution is 2.32. The molecule has 120 valence electrons. The summed E-state index contributed by atoms with van der Waals surface area (Å²) in [6, 6.07) is 8.59. The molecule has 0 fully saturated rings. The number of benzene rings is 1. The number of hydrogen-bond donors (Lipinski definition) is 1. The van der Waals surface area contributed by atoms with E-state index in [1.807, 2.05) is 23.9 Å². The molecule has 1 N–H and O–H groups in total. The molecule has 4 heteroatoms. The molecule has 3 nitrogen and oxygen atoms in total. The summed E-state index contributed by atoms with van der Waals surface area (Å²) < 4.78 is 11.2. The van der Waals surface area contributed by atoms with Gasteiger partial charge >= 0.3 is 0 Å². The topological polar surface area (TPSA) is 30.5 Å². The summed E-state index contributed by atoms with van der Waals surface area (Å²) >= 11 is 1.97. The monoisotopic (exact) mass is 311 g/mol. The van der Waals surface area contributed by atoms with Crippen LogP contribution in [0.4, 0.5) is 0 Å². The van der Waals surface area contributed by atoms with Crippen molar-refractivity contribution in [3.63, 3.8) is 0 Å². The van der Waals surface area contributed by atoms with Gasteiger partial charge in [-0.25, -0.2) is 0 Å². The lowest BCUT2D eigenvalue weighted by Gasteiger charge is -2.25. The molecule has 0 aliphatic heterocycles. The van der Waals surface area contributed by atoms with E-state index in [-0.39, 0.29) is 4.75 Å². The lowest BCUT2D eigenvalue weighted by atomic mass is 10.1. The number of para-hydroxylation sites is 1. The van der Waals surface area contributed by atoms with E-state index in [2.05, 4.69) is 45.1 Å². The molecule has 0 spiro atoms. The fourth-order valence-electron chi connectivity index (χ4n) is 1.97. The highest BCUT2D eigenvalue weighted by molar-refractivity contribution is 8.00. The van der Waals surface area contributed by atoms with Crippen molar-refractivity contribution >= 4 is 11.8 Å². The van der Waals surface area contributed by atoms with Gasteiger partial charge in [0.05, 0.1) is 6.61 Å². The maximum atomic E-state index is 5.86. The first-order chi connectivity index (χ1) is 9.98. The fraction of sp³-hybridized carbons (Fsp3) is 0.647. The lowest BCUT2D eigenvalue weighted by Crippen LogP contribution is -2.25. The Labute approximate surface area is 133 Å². The van der Waals surface area contributed by atoms with Gasteiger partial charge in [-0.15, -0.1) is 0 Å². The van der Waals surface area contributed by atoms with E-state index in [0.717, 1.165) is 18.0 Å². The second-order valence-corrected chi connectivity index (χ2v) is 7.76. The Morgan fingerprint density at radius 3 is 2.52 bits per heavy atom. The Morgan fingerprint density at radius 1 is 1.19 bits per heavy atom. The second-order valence-electron chi connectivity index (χ2n) is 5.91. The quantitative estimate of drug-likeness (QED) is 0.701. The minimum Gasteiger partial charge on any atom is -0.491 e. The number of rotatable bonds is 9. The molecule has 0 saturated heterocycles. The molecule has 1 atom stereocenters. The molecule has 1 aromatic carbocycles. The molecule has 1 aromatic rings. The molecule has 21 heavy (non-hydrogen) atoms. The van der Waals surface area contributed by atoms with Gasteiger partial charge in [-0.1, -0.05) is 45.9 Å². The van der Waals surface area contributed by atoms with Crippen molar-refractivity contribution < 1.29 is 9.47 Å². The van der Waals surface area contributed by atoms with E-state index in [1.165, 1.54) is 5.56 Å². The van der Waals surface area contributed by atoms with Gasteiger partial charge in [-0.3, -0.25) is 0 Å². The molecule has 0 aromatic heterocycles. The molecule has 0 amide bonds. The molecule has 0 heterocycles. The van der Waals surface area contributed by atoms with Gasteiger partial charge in [-0.05, 0) is 12.6 Å². The molecule has 1 rings (SSSR count). The number of hydrogen-bond acceptors (Lipinski definition) is 4. The van der Waals surface area contributed by atoms with Crippen LogP contribution >= 0.6 is 11.8 Å². The van der Waals surface area contributed by atoms with Crippen LogP contribution in [0.5, 0.6) is 5.75 Å². The lowest BCUT2D eigenvalue weighted by molar-refractivity contribution is 0.145. The van der Waals surface area contributed by atoms with Gasteiger partial charge in [-0.2, -0.15) is 11.8 Å². The Hall–Kier alpha value is -0.710. The highest BCUT2D eigenvalue weighted by atomic mass is 32.2. The Kier molecular flexibility index (Phi) is 8.15. The number of thioether (sulfide) groups is 1. The third-order valence-corrected chi connectivity index (χ3v) is 4.34.